The molecule has 152 valence electrons. The average Bonchev–Trinajstić information content (AvgIpc) is 2.76. The fraction of sp³-hybridized carbons (Fsp3) is 0.182. The van der Waals surface area contributed by atoms with Gasteiger partial charge >= 0.3 is 7.60 Å². The predicted octanol–water partition coefficient (Wildman–Crippen LogP) is 5.70. The summed E-state index contributed by atoms with van der Waals surface area (Å²) in [5.41, 5.74) is 0.681. The fourth-order valence-electron chi connectivity index (χ4n) is 2.75. The molecule has 1 atom stereocenters. The van der Waals surface area contributed by atoms with Crippen LogP contribution in [-0.2, 0) is 9.30 Å². The molecule has 1 unspecified atom stereocenters. The zero-order chi connectivity index (χ0) is 20.7. The van der Waals surface area contributed by atoms with Crippen molar-refractivity contribution >= 4 is 7.60 Å². The highest BCUT2D eigenvalue weighted by molar-refractivity contribution is 7.54. The molecule has 0 radical (unpaired) electrons. The second kappa shape index (κ2) is 9.50. The lowest BCUT2D eigenvalue weighted by Gasteiger charge is -2.27. The van der Waals surface area contributed by atoms with Crippen molar-refractivity contribution in [3.8, 4) is 23.0 Å². The summed E-state index contributed by atoms with van der Waals surface area (Å²) in [6, 6.07) is 22.7. The molecule has 0 fully saturated rings. The minimum absolute atomic E-state index is 0.376. The van der Waals surface area contributed by atoms with Gasteiger partial charge in [-0.15, -0.1) is 0 Å². The molecule has 29 heavy (non-hydrogen) atoms. The average molecular weight is 414 g/mol. The lowest BCUT2D eigenvalue weighted by molar-refractivity contribution is 0.141. The van der Waals surface area contributed by atoms with Crippen LogP contribution in [0.2, 0.25) is 0 Å². The normalized spacial score (nSPS) is 12.1. The third-order valence-electron chi connectivity index (χ3n) is 4.18. The number of hydrogen-bond donors (Lipinski definition) is 0. The number of hydrogen-bond acceptors (Lipinski definition) is 6. The van der Waals surface area contributed by atoms with Gasteiger partial charge in [0, 0.05) is 7.11 Å². The molecule has 0 spiro atoms. The minimum atomic E-state index is -3.85. The second-order valence-corrected chi connectivity index (χ2v) is 7.99. The number of ether oxygens (including phenoxy) is 3. The van der Waals surface area contributed by atoms with Crippen LogP contribution in [0, 0.1) is 0 Å². The van der Waals surface area contributed by atoms with Crippen LogP contribution in [-0.4, -0.2) is 21.3 Å². The SMILES string of the molecule is COc1ccc(OP(=O)(Oc2ccc(OC)cc2)C(OC)c2ccccc2)cc1. The molecule has 0 aliphatic heterocycles. The fourth-order valence-corrected chi connectivity index (χ4v) is 4.60. The maximum atomic E-state index is 14.0. The molecule has 0 heterocycles. The third kappa shape index (κ3) is 5.11. The van der Waals surface area contributed by atoms with Gasteiger partial charge in [0.05, 0.1) is 14.2 Å². The van der Waals surface area contributed by atoms with E-state index < -0.39 is 13.4 Å². The van der Waals surface area contributed by atoms with Gasteiger partial charge in [-0.05, 0) is 54.1 Å². The van der Waals surface area contributed by atoms with E-state index in [4.69, 9.17) is 23.3 Å². The summed E-state index contributed by atoms with van der Waals surface area (Å²) >= 11 is 0. The maximum absolute atomic E-state index is 14.0. The molecule has 0 aliphatic carbocycles. The van der Waals surface area contributed by atoms with Crippen LogP contribution in [0.25, 0.3) is 0 Å². The van der Waals surface area contributed by atoms with Crippen LogP contribution in [0.4, 0.5) is 0 Å². The van der Waals surface area contributed by atoms with Crippen molar-refractivity contribution in [2.24, 2.45) is 0 Å². The van der Waals surface area contributed by atoms with Crippen LogP contribution >= 0.6 is 7.60 Å². The standard InChI is InChI=1S/C22H23O6P/c1-24-18-9-13-20(14-10-18)27-29(23,22(26-3)17-7-5-4-6-8-17)28-21-15-11-19(25-2)12-16-21/h4-16,22H,1-3H3. The monoisotopic (exact) mass is 414 g/mol. The smallest absolute Gasteiger partial charge is 0.463 e. The van der Waals surface area contributed by atoms with Crippen molar-refractivity contribution < 1.29 is 27.8 Å². The first-order chi connectivity index (χ1) is 14.1. The Morgan fingerprint density at radius 1 is 0.621 bits per heavy atom. The maximum Gasteiger partial charge on any atom is 0.463 e. The molecule has 0 amide bonds. The Kier molecular flexibility index (Phi) is 6.81. The molecule has 0 aromatic heterocycles. The lowest BCUT2D eigenvalue weighted by Crippen LogP contribution is -2.12. The van der Waals surface area contributed by atoms with Gasteiger partial charge in [-0.2, -0.15) is 0 Å². The topological polar surface area (TPSA) is 63.2 Å². The van der Waals surface area contributed by atoms with Crippen molar-refractivity contribution in [1.82, 2.24) is 0 Å². The van der Waals surface area contributed by atoms with Crippen LogP contribution < -0.4 is 18.5 Å². The van der Waals surface area contributed by atoms with Gasteiger partial charge in [-0.1, -0.05) is 30.3 Å². The summed E-state index contributed by atoms with van der Waals surface area (Å²) in [5, 5.41) is 0. The van der Waals surface area contributed by atoms with Gasteiger partial charge in [-0.25, -0.2) is 4.57 Å². The summed E-state index contributed by atoms with van der Waals surface area (Å²) in [4.78, 5) is 0. The van der Waals surface area contributed by atoms with E-state index in [2.05, 4.69) is 0 Å². The van der Waals surface area contributed by atoms with Crippen molar-refractivity contribution in [2.45, 2.75) is 5.85 Å². The highest BCUT2D eigenvalue weighted by atomic mass is 31.2. The molecule has 7 heteroatoms. The van der Waals surface area contributed by atoms with E-state index in [0.717, 1.165) is 0 Å². The third-order valence-corrected chi connectivity index (χ3v) is 6.19. The Labute approximate surface area is 170 Å². The summed E-state index contributed by atoms with van der Waals surface area (Å²) in [6.07, 6.45) is 0. The molecule has 3 aromatic rings. The molecule has 6 nitrogen and oxygen atoms in total. The first-order valence-electron chi connectivity index (χ1n) is 8.92. The van der Waals surface area contributed by atoms with E-state index in [1.165, 1.54) is 7.11 Å². The van der Waals surface area contributed by atoms with Gasteiger partial charge in [0.1, 0.15) is 23.0 Å². The van der Waals surface area contributed by atoms with Gasteiger partial charge < -0.3 is 23.3 Å². The van der Waals surface area contributed by atoms with Crippen LogP contribution in [0.1, 0.15) is 11.4 Å². The van der Waals surface area contributed by atoms with Crippen molar-refractivity contribution in [1.29, 1.82) is 0 Å². The van der Waals surface area contributed by atoms with Crippen molar-refractivity contribution in [2.75, 3.05) is 21.3 Å². The van der Waals surface area contributed by atoms with E-state index in [0.29, 0.717) is 28.6 Å². The molecule has 0 N–H and O–H groups in total. The Bertz CT molecular complexity index is 888. The highest BCUT2D eigenvalue weighted by Gasteiger charge is 2.41. The summed E-state index contributed by atoms with van der Waals surface area (Å²) in [5.74, 6) is 1.15. The van der Waals surface area contributed by atoms with Crippen LogP contribution in [0.15, 0.2) is 78.9 Å². The Morgan fingerprint density at radius 2 is 1.03 bits per heavy atom. The Hall–Kier alpha value is -2.95. The predicted molar refractivity (Wildman–Crippen MR) is 111 cm³/mol. The molecule has 3 aromatic carbocycles. The van der Waals surface area contributed by atoms with Gasteiger partial charge in [-0.3, -0.25) is 0 Å². The highest BCUT2D eigenvalue weighted by Crippen LogP contribution is 2.60. The van der Waals surface area contributed by atoms with E-state index in [1.807, 2.05) is 30.3 Å². The van der Waals surface area contributed by atoms with Crippen molar-refractivity contribution in [3.05, 3.63) is 84.4 Å². The molecular weight excluding hydrogens is 391 g/mol. The van der Waals surface area contributed by atoms with Gasteiger partial charge in [0.25, 0.3) is 0 Å². The zero-order valence-corrected chi connectivity index (χ0v) is 17.4. The molecule has 0 saturated heterocycles. The minimum Gasteiger partial charge on any atom is -0.497 e. The van der Waals surface area contributed by atoms with Crippen LogP contribution in [0.3, 0.4) is 0 Å². The molecule has 3 rings (SSSR count). The Morgan fingerprint density at radius 3 is 1.41 bits per heavy atom. The van der Waals surface area contributed by atoms with Crippen molar-refractivity contribution in [3.63, 3.8) is 0 Å². The number of methoxy groups -OCH3 is 3. The van der Waals surface area contributed by atoms with E-state index in [1.54, 1.807) is 62.8 Å². The van der Waals surface area contributed by atoms with Gasteiger partial charge in [0.2, 0.25) is 5.85 Å². The molecule has 0 bridgehead atoms. The van der Waals surface area contributed by atoms with E-state index in [9.17, 15) is 4.57 Å². The second-order valence-electron chi connectivity index (χ2n) is 6.07. The first-order valence-corrected chi connectivity index (χ1v) is 10.5. The molecule has 0 aliphatic rings. The summed E-state index contributed by atoms with van der Waals surface area (Å²) in [7, 11) is 0.772. The lowest BCUT2D eigenvalue weighted by atomic mass is 10.2. The molecular formula is C22H23O6P. The quantitative estimate of drug-likeness (QED) is 0.419. The largest absolute Gasteiger partial charge is 0.497 e. The Balaban J connectivity index is 1.97. The summed E-state index contributed by atoms with van der Waals surface area (Å²) in [6.45, 7) is 0. The summed E-state index contributed by atoms with van der Waals surface area (Å²) < 4.78 is 41.6. The van der Waals surface area contributed by atoms with E-state index >= 15 is 0 Å². The number of rotatable bonds is 9. The molecule has 0 saturated carbocycles. The van der Waals surface area contributed by atoms with Crippen LogP contribution in [0.5, 0.6) is 23.0 Å². The first kappa shape index (κ1) is 20.8. The van der Waals surface area contributed by atoms with E-state index in [-0.39, 0.29) is 0 Å². The van der Waals surface area contributed by atoms with Gasteiger partial charge in [0.15, 0.2) is 0 Å². The zero-order valence-electron chi connectivity index (χ0n) is 16.5. The number of benzene rings is 3.